The van der Waals surface area contributed by atoms with Gasteiger partial charge in [-0.05, 0) is 25.2 Å². The molecule has 0 aromatic carbocycles. The minimum Gasteiger partial charge on any atom is -0.370 e. The van der Waals surface area contributed by atoms with Crippen LogP contribution < -0.4 is 11.1 Å². The molecule has 1 fully saturated rings. The third-order valence-corrected chi connectivity index (χ3v) is 3.42. The van der Waals surface area contributed by atoms with Crippen LogP contribution in [0.5, 0.6) is 0 Å². The maximum Gasteiger partial charge on any atom is 0.246 e. The second-order valence-electron chi connectivity index (χ2n) is 6.08. The summed E-state index contributed by atoms with van der Waals surface area (Å²) in [5.74, 6) is 1.09. The van der Waals surface area contributed by atoms with Crippen LogP contribution in [0, 0.1) is 11.3 Å². The zero-order valence-electron chi connectivity index (χ0n) is 14.6. The Hall–Kier alpha value is -0.572. The molecule has 1 amide bonds. The van der Waals surface area contributed by atoms with Crippen LogP contribution in [0.4, 0.5) is 0 Å². The van der Waals surface area contributed by atoms with Crippen molar-refractivity contribution in [2.45, 2.75) is 72.3 Å². The van der Waals surface area contributed by atoms with Crippen LogP contribution in [-0.2, 0) is 25.9 Å². The maximum absolute atomic E-state index is 11.3. The number of hydrogen-bond donors (Lipinski definition) is 3. The van der Waals surface area contributed by atoms with Crippen molar-refractivity contribution in [3.05, 3.63) is 0 Å². The van der Waals surface area contributed by atoms with Gasteiger partial charge in [0, 0.05) is 34.2 Å². The van der Waals surface area contributed by atoms with Gasteiger partial charge in [0.05, 0.1) is 0 Å². The smallest absolute Gasteiger partial charge is 0.246 e. The molecule has 4 N–H and O–H groups in total. The molecule has 0 bridgehead atoms. The summed E-state index contributed by atoms with van der Waals surface area (Å²) >= 11 is 0. The van der Waals surface area contributed by atoms with Crippen molar-refractivity contribution >= 4 is 11.9 Å². The van der Waals surface area contributed by atoms with E-state index in [1.807, 2.05) is 4.90 Å². The van der Waals surface area contributed by atoms with Gasteiger partial charge in [-0.3, -0.25) is 10.2 Å². The van der Waals surface area contributed by atoms with Gasteiger partial charge in [-0.25, -0.2) is 0 Å². The largest absolute Gasteiger partial charge is 0.370 e. The molecule has 0 radical (unpaired) electrons. The minimum atomic E-state index is 0. The van der Waals surface area contributed by atoms with Crippen molar-refractivity contribution in [1.82, 2.24) is 10.2 Å². The average molecular weight is 494 g/mol. The summed E-state index contributed by atoms with van der Waals surface area (Å²) in [4.78, 5) is 13.3. The molecule has 0 aliphatic carbocycles. The maximum atomic E-state index is 11.3. The Bertz CT molecular complexity index is 311. The summed E-state index contributed by atoms with van der Waals surface area (Å²) in [6.07, 6.45) is 6.93. The van der Waals surface area contributed by atoms with Gasteiger partial charge in [0.2, 0.25) is 5.91 Å². The van der Waals surface area contributed by atoms with E-state index in [1.165, 1.54) is 19.3 Å². The summed E-state index contributed by atoms with van der Waals surface area (Å²) in [5.41, 5.74) is 5.01. The topological polar surface area (TPSA) is 82.0 Å². The second-order valence-corrected chi connectivity index (χ2v) is 6.08. The number of guanidine groups is 1. The summed E-state index contributed by atoms with van der Waals surface area (Å²) in [7, 11) is 0. The molecule has 0 aromatic heterocycles. The van der Waals surface area contributed by atoms with Crippen molar-refractivity contribution in [2.75, 3.05) is 13.1 Å². The number of rotatable bonds is 9. The third-order valence-electron chi connectivity index (χ3n) is 3.42. The average Bonchev–Trinajstić information content (AvgIpc) is 2.99. The Balaban J connectivity index is 0. The van der Waals surface area contributed by atoms with E-state index in [4.69, 9.17) is 11.1 Å². The van der Waals surface area contributed by atoms with Crippen LogP contribution in [0.25, 0.3) is 0 Å². The predicted molar refractivity (Wildman–Crippen MR) is 89.3 cm³/mol. The van der Waals surface area contributed by atoms with E-state index >= 15 is 0 Å². The SMILES string of the molecule is CCCCCN1C(=O)C1CC(C)C.CCCCNC(=N)N.[Pt]. The van der Waals surface area contributed by atoms with E-state index in [2.05, 4.69) is 33.0 Å². The van der Waals surface area contributed by atoms with Crippen LogP contribution in [0.3, 0.4) is 0 Å². The Morgan fingerprint density at radius 2 is 1.86 bits per heavy atom. The molecule has 1 atom stereocenters. The van der Waals surface area contributed by atoms with E-state index in [0.717, 1.165) is 32.4 Å². The molecule has 1 unspecified atom stereocenters. The number of hydrogen-bond acceptors (Lipinski definition) is 2. The van der Waals surface area contributed by atoms with Crippen LogP contribution in [0.2, 0.25) is 0 Å². The van der Waals surface area contributed by atoms with Crippen molar-refractivity contribution in [2.24, 2.45) is 11.7 Å². The van der Waals surface area contributed by atoms with E-state index in [-0.39, 0.29) is 33.1 Å². The Kier molecular flexibility index (Phi) is 15.1. The van der Waals surface area contributed by atoms with Gasteiger partial charge < -0.3 is 16.0 Å². The van der Waals surface area contributed by atoms with Crippen LogP contribution in [-0.4, -0.2) is 35.9 Å². The molecule has 5 nitrogen and oxygen atoms in total. The normalized spacial score (nSPS) is 15.8. The molecule has 1 heterocycles. The third kappa shape index (κ3) is 12.0. The van der Waals surface area contributed by atoms with Gasteiger partial charge in [-0.2, -0.15) is 0 Å². The first-order valence-electron chi connectivity index (χ1n) is 8.32. The summed E-state index contributed by atoms with van der Waals surface area (Å²) in [5, 5.41) is 9.45. The molecule has 0 saturated carbocycles. The fourth-order valence-corrected chi connectivity index (χ4v) is 2.13. The van der Waals surface area contributed by atoms with E-state index in [9.17, 15) is 4.79 Å². The standard InChI is InChI=1S/C11H21NO.C5H13N3.Pt/c1-4-5-6-7-12-10(11(12)13)8-9(2)3;1-2-3-4-8-5(6)7;/h9-10H,4-8H2,1-3H3;2-4H2,1H3,(H4,6,7,8);. The van der Waals surface area contributed by atoms with Gasteiger partial charge >= 0.3 is 0 Å². The minimum absolute atomic E-state index is 0. The first-order valence-corrected chi connectivity index (χ1v) is 8.32. The number of carbonyl (C=O) groups excluding carboxylic acids is 1. The molecule has 0 spiro atoms. The van der Waals surface area contributed by atoms with Gasteiger partial charge in [-0.1, -0.05) is 47.0 Å². The number of nitrogens with two attached hydrogens (primary N) is 1. The molecule has 0 aromatic rings. The van der Waals surface area contributed by atoms with Crippen LogP contribution >= 0.6 is 0 Å². The van der Waals surface area contributed by atoms with E-state index < -0.39 is 0 Å². The monoisotopic (exact) mass is 493 g/mol. The Morgan fingerprint density at radius 1 is 1.27 bits per heavy atom. The van der Waals surface area contributed by atoms with Crippen molar-refractivity contribution in [3.63, 3.8) is 0 Å². The fourth-order valence-electron chi connectivity index (χ4n) is 2.13. The van der Waals surface area contributed by atoms with E-state index in [1.54, 1.807) is 0 Å². The number of nitrogens with zero attached hydrogens (tertiary/aromatic N) is 1. The van der Waals surface area contributed by atoms with Crippen LogP contribution in [0.1, 0.15) is 66.2 Å². The first kappa shape index (κ1) is 23.7. The van der Waals surface area contributed by atoms with Gasteiger partial charge in [0.15, 0.2) is 5.96 Å². The zero-order chi connectivity index (χ0) is 16.3. The van der Waals surface area contributed by atoms with Crippen molar-refractivity contribution in [1.29, 1.82) is 5.41 Å². The molecular formula is C16H34N4OPt. The number of amides is 1. The van der Waals surface area contributed by atoms with Crippen molar-refractivity contribution in [3.8, 4) is 0 Å². The van der Waals surface area contributed by atoms with Gasteiger partial charge in [0.1, 0.15) is 6.04 Å². The number of unbranched alkanes of at least 4 members (excludes halogenated alkanes) is 3. The predicted octanol–water partition coefficient (Wildman–Crippen LogP) is 2.70. The first-order chi connectivity index (χ1) is 9.93. The fraction of sp³-hybridized carbons (Fsp3) is 0.875. The van der Waals surface area contributed by atoms with E-state index in [0.29, 0.717) is 11.8 Å². The molecule has 6 heteroatoms. The Labute approximate surface area is 150 Å². The molecule has 1 aliphatic rings. The molecule has 22 heavy (non-hydrogen) atoms. The number of nitrogens with one attached hydrogen (secondary N) is 2. The molecule has 1 rings (SSSR count). The number of carbonyl (C=O) groups is 1. The molecular weight excluding hydrogens is 459 g/mol. The zero-order valence-corrected chi connectivity index (χ0v) is 16.8. The molecule has 1 aliphatic heterocycles. The van der Waals surface area contributed by atoms with Gasteiger partial charge in [-0.15, -0.1) is 0 Å². The van der Waals surface area contributed by atoms with Crippen LogP contribution in [0.15, 0.2) is 0 Å². The second kappa shape index (κ2) is 14.0. The molecule has 134 valence electrons. The van der Waals surface area contributed by atoms with Gasteiger partial charge in [0.25, 0.3) is 0 Å². The molecule has 1 saturated heterocycles. The Morgan fingerprint density at radius 3 is 2.32 bits per heavy atom. The summed E-state index contributed by atoms with van der Waals surface area (Å²) in [6, 6.07) is 0.275. The quantitative estimate of drug-likeness (QED) is 0.200. The summed E-state index contributed by atoms with van der Waals surface area (Å²) in [6.45, 7) is 10.5. The van der Waals surface area contributed by atoms with Crippen molar-refractivity contribution < 1.29 is 25.9 Å². The summed E-state index contributed by atoms with van der Waals surface area (Å²) < 4.78 is 0.